The minimum atomic E-state index is -0.0828. The van der Waals surface area contributed by atoms with E-state index in [1.54, 1.807) is 6.92 Å². The molecule has 0 radical (unpaired) electrons. The highest BCUT2D eigenvalue weighted by Gasteiger charge is 2.09. The van der Waals surface area contributed by atoms with Gasteiger partial charge in [-0.15, -0.1) is 0 Å². The molecular weight excluding hydrogens is 170 g/mol. The molecule has 0 heterocycles. The van der Waals surface area contributed by atoms with E-state index < -0.39 is 0 Å². The molecule has 0 aromatic rings. The highest BCUT2D eigenvalue weighted by molar-refractivity contribution is 5.98. The van der Waals surface area contributed by atoms with Crippen LogP contribution in [0.5, 0.6) is 0 Å². The molecule has 1 N–H and O–H groups in total. The Labute approximate surface area is 76.7 Å². The fourth-order valence-corrected chi connectivity index (χ4v) is 1.17. The average molecular weight is 187 g/mol. The van der Waals surface area contributed by atoms with Crippen molar-refractivity contribution in [3.8, 4) is 0 Å². The van der Waals surface area contributed by atoms with Gasteiger partial charge in [-0.1, -0.05) is 13.5 Å². The van der Waals surface area contributed by atoms with E-state index in [4.69, 9.17) is 4.43 Å². The van der Waals surface area contributed by atoms with Gasteiger partial charge in [-0.3, -0.25) is 4.79 Å². The van der Waals surface area contributed by atoms with Gasteiger partial charge in [-0.2, -0.15) is 0 Å². The molecule has 12 heavy (non-hydrogen) atoms. The number of carbonyl (C=O) groups is 1. The van der Waals surface area contributed by atoms with Crippen LogP contribution < -0.4 is 5.32 Å². The number of hydrogen-bond acceptors (Lipinski definition) is 2. The molecule has 0 aliphatic rings. The van der Waals surface area contributed by atoms with E-state index in [9.17, 15) is 4.79 Å². The van der Waals surface area contributed by atoms with Gasteiger partial charge in [0.15, 0.2) is 0 Å². The smallest absolute Gasteiger partial charge is 0.246 e. The molecule has 0 aromatic heterocycles. The maximum atomic E-state index is 11.1. The molecule has 1 amide bonds. The first-order valence-electron chi connectivity index (χ1n) is 4.07. The van der Waals surface area contributed by atoms with E-state index >= 15 is 0 Å². The Morgan fingerprint density at radius 3 is 2.67 bits per heavy atom. The average Bonchev–Trinajstić information content (AvgIpc) is 2.03. The zero-order valence-electron chi connectivity index (χ0n) is 8.02. The Hall–Kier alpha value is -0.613. The van der Waals surface area contributed by atoms with Crippen LogP contribution in [0, 0.1) is 0 Å². The van der Waals surface area contributed by atoms with Crippen molar-refractivity contribution in [1.29, 1.82) is 0 Å². The minimum Gasteiger partial charge on any atom is -0.426 e. The topological polar surface area (TPSA) is 38.3 Å². The first-order valence-corrected chi connectivity index (χ1v) is 4.88. The molecule has 0 saturated heterocycles. The predicted octanol–water partition coefficient (Wildman–Crippen LogP) is -0.246. The minimum absolute atomic E-state index is 0.0828. The summed E-state index contributed by atoms with van der Waals surface area (Å²) in [5.41, 5.74) is 0.543. The molecule has 1 atom stereocenters. The molecule has 1 unspecified atom stereocenters. The Balaban J connectivity index is 3.85. The molecular formula is C8H17NO2Si. The Kier molecular flexibility index (Phi) is 5.66. The second-order valence-electron chi connectivity index (χ2n) is 2.81. The maximum Gasteiger partial charge on any atom is 0.246 e. The fourth-order valence-electron chi connectivity index (χ4n) is 0.771. The van der Waals surface area contributed by atoms with E-state index in [2.05, 4.69) is 11.9 Å². The van der Waals surface area contributed by atoms with Crippen molar-refractivity contribution >= 4 is 16.4 Å². The summed E-state index contributed by atoms with van der Waals surface area (Å²) in [4.78, 5) is 11.1. The standard InChI is InChI=1S/C8H17NO2Si/c1-4-7(5-11-12)9-8(10)6(2)3/h7H,2,4-5H2,1,3,12H3,(H,9,10). The van der Waals surface area contributed by atoms with Crippen LogP contribution in [0.25, 0.3) is 0 Å². The van der Waals surface area contributed by atoms with Crippen LogP contribution in [0.15, 0.2) is 12.2 Å². The Bertz CT molecular complexity index is 170. The summed E-state index contributed by atoms with van der Waals surface area (Å²) in [6, 6.07) is 0.131. The van der Waals surface area contributed by atoms with Crippen molar-refractivity contribution in [2.24, 2.45) is 0 Å². The van der Waals surface area contributed by atoms with E-state index in [1.807, 2.05) is 6.92 Å². The first-order chi connectivity index (χ1) is 5.61. The lowest BCUT2D eigenvalue weighted by Crippen LogP contribution is -2.37. The number of nitrogens with one attached hydrogen (secondary N) is 1. The van der Waals surface area contributed by atoms with Crippen molar-refractivity contribution in [2.45, 2.75) is 26.3 Å². The summed E-state index contributed by atoms with van der Waals surface area (Å²) in [6.45, 7) is 7.89. The maximum absolute atomic E-state index is 11.1. The van der Waals surface area contributed by atoms with Crippen LogP contribution in [0.1, 0.15) is 20.3 Å². The first kappa shape index (κ1) is 11.4. The van der Waals surface area contributed by atoms with Crippen LogP contribution in [-0.4, -0.2) is 29.0 Å². The molecule has 0 aliphatic carbocycles. The fraction of sp³-hybridized carbons (Fsp3) is 0.625. The summed E-state index contributed by atoms with van der Waals surface area (Å²) in [5.74, 6) is -0.0828. The van der Waals surface area contributed by atoms with E-state index in [0.717, 1.165) is 6.42 Å². The van der Waals surface area contributed by atoms with Crippen LogP contribution in [0.4, 0.5) is 0 Å². The van der Waals surface area contributed by atoms with Crippen molar-refractivity contribution < 1.29 is 9.22 Å². The molecule has 3 nitrogen and oxygen atoms in total. The van der Waals surface area contributed by atoms with Gasteiger partial charge >= 0.3 is 0 Å². The summed E-state index contributed by atoms with van der Waals surface area (Å²) >= 11 is 0. The van der Waals surface area contributed by atoms with Crippen LogP contribution in [-0.2, 0) is 9.22 Å². The van der Waals surface area contributed by atoms with Crippen LogP contribution >= 0.6 is 0 Å². The lowest BCUT2D eigenvalue weighted by Gasteiger charge is -2.15. The quantitative estimate of drug-likeness (QED) is 0.476. The van der Waals surface area contributed by atoms with E-state index in [0.29, 0.717) is 22.7 Å². The van der Waals surface area contributed by atoms with Crippen LogP contribution in [0.2, 0.25) is 0 Å². The van der Waals surface area contributed by atoms with Crippen molar-refractivity contribution in [3.05, 3.63) is 12.2 Å². The van der Waals surface area contributed by atoms with Crippen molar-refractivity contribution in [3.63, 3.8) is 0 Å². The second kappa shape index (κ2) is 5.96. The lowest BCUT2D eigenvalue weighted by molar-refractivity contribution is -0.118. The Morgan fingerprint density at radius 2 is 2.33 bits per heavy atom. The second-order valence-corrected chi connectivity index (χ2v) is 3.39. The van der Waals surface area contributed by atoms with E-state index in [-0.39, 0.29) is 11.9 Å². The number of hydrogen-bond donors (Lipinski definition) is 1. The third kappa shape index (κ3) is 4.30. The van der Waals surface area contributed by atoms with Gasteiger partial charge < -0.3 is 9.74 Å². The third-order valence-electron chi connectivity index (χ3n) is 1.58. The van der Waals surface area contributed by atoms with Crippen molar-refractivity contribution in [2.75, 3.05) is 6.61 Å². The number of amides is 1. The third-order valence-corrected chi connectivity index (χ3v) is 1.92. The van der Waals surface area contributed by atoms with Gasteiger partial charge in [-0.25, -0.2) is 0 Å². The summed E-state index contributed by atoms with van der Waals surface area (Å²) in [6.07, 6.45) is 0.890. The molecule has 0 aliphatic heterocycles. The highest BCUT2D eigenvalue weighted by atomic mass is 28.2. The Morgan fingerprint density at radius 1 is 1.75 bits per heavy atom. The highest BCUT2D eigenvalue weighted by Crippen LogP contribution is 1.94. The molecule has 0 rings (SSSR count). The van der Waals surface area contributed by atoms with Gasteiger partial charge in [0.25, 0.3) is 0 Å². The van der Waals surface area contributed by atoms with Gasteiger partial charge in [0.05, 0.1) is 12.6 Å². The molecule has 0 saturated carbocycles. The van der Waals surface area contributed by atoms with Gasteiger partial charge in [-0.05, 0) is 13.3 Å². The molecule has 4 heteroatoms. The molecule has 0 aromatic carbocycles. The largest absolute Gasteiger partial charge is 0.426 e. The molecule has 70 valence electrons. The van der Waals surface area contributed by atoms with Gasteiger partial charge in [0, 0.05) is 5.57 Å². The SMILES string of the molecule is C=C(C)C(=O)NC(CC)CO[SiH3]. The predicted molar refractivity (Wildman–Crippen MR) is 52.9 cm³/mol. The summed E-state index contributed by atoms with van der Waals surface area (Å²) in [5, 5.41) is 2.83. The number of carbonyl (C=O) groups excluding carboxylic acids is 1. The van der Waals surface area contributed by atoms with Gasteiger partial charge in [0.1, 0.15) is 10.5 Å². The van der Waals surface area contributed by atoms with Crippen molar-refractivity contribution in [1.82, 2.24) is 5.32 Å². The molecule has 0 fully saturated rings. The lowest BCUT2D eigenvalue weighted by atomic mass is 10.2. The molecule has 0 spiro atoms. The normalized spacial score (nSPS) is 12.5. The summed E-state index contributed by atoms with van der Waals surface area (Å²) in [7, 11) is 0.714. The van der Waals surface area contributed by atoms with E-state index in [1.165, 1.54) is 0 Å². The zero-order valence-corrected chi connectivity index (χ0v) is 10.0. The van der Waals surface area contributed by atoms with Crippen LogP contribution in [0.3, 0.4) is 0 Å². The van der Waals surface area contributed by atoms with Gasteiger partial charge in [0.2, 0.25) is 5.91 Å². The summed E-state index contributed by atoms with van der Waals surface area (Å²) < 4.78 is 5.07. The number of rotatable bonds is 5. The zero-order chi connectivity index (χ0) is 9.56. The monoisotopic (exact) mass is 187 g/mol. The molecule has 0 bridgehead atoms.